The van der Waals surface area contributed by atoms with Gasteiger partial charge in [-0.25, -0.2) is 13.6 Å². The van der Waals surface area contributed by atoms with Crippen LogP contribution in [0, 0.1) is 5.41 Å². The summed E-state index contributed by atoms with van der Waals surface area (Å²) >= 11 is 6.05. The van der Waals surface area contributed by atoms with Crippen LogP contribution in [0.2, 0.25) is 5.02 Å². The van der Waals surface area contributed by atoms with Crippen molar-refractivity contribution in [2.75, 3.05) is 0 Å². The predicted octanol–water partition coefficient (Wildman–Crippen LogP) is 4.65. The summed E-state index contributed by atoms with van der Waals surface area (Å²) in [6.07, 6.45) is 8.23. The second-order valence-electron chi connectivity index (χ2n) is 7.42. The van der Waals surface area contributed by atoms with Gasteiger partial charge in [0.1, 0.15) is 4.90 Å². The monoisotopic (exact) mass is 388 g/mol. The minimum Gasteiger partial charge on any atom is -0.255 e. The van der Waals surface area contributed by atoms with Crippen molar-refractivity contribution in [1.82, 2.24) is 4.98 Å². The van der Waals surface area contributed by atoms with Crippen molar-refractivity contribution in [1.29, 1.82) is 0 Å². The molecule has 1 fully saturated rings. The van der Waals surface area contributed by atoms with Gasteiger partial charge in [-0.15, -0.1) is 0 Å². The van der Waals surface area contributed by atoms with E-state index in [2.05, 4.69) is 4.98 Å². The fraction of sp³-hybridized carbons (Fsp3) is 0.350. The van der Waals surface area contributed by atoms with Gasteiger partial charge in [-0.2, -0.15) is 0 Å². The predicted molar refractivity (Wildman–Crippen MR) is 104 cm³/mol. The average molecular weight is 389 g/mol. The standard InChI is InChI=1S/C20H21ClN2O2S/c21-15-7-5-14(6-8-15)16-12-20(9-1-2-10-20)13-17(16)19-18(26(22,24)25)4-3-11-23-19/h3-8,11H,1-2,9-10,12-13H2,(H2,22,24,25). The van der Waals surface area contributed by atoms with Crippen LogP contribution in [0.15, 0.2) is 47.5 Å². The van der Waals surface area contributed by atoms with E-state index in [4.69, 9.17) is 16.7 Å². The Kier molecular flexibility index (Phi) is 4.41. The number of rotatable bonds is 3. The number of halogens is 1. The number of hydrogen-bond donors (Lipinski definition) is 1. The number of aromatic nitrogens is 1. The summed E-state index contributed by atoms with van der Waals surface area (Å²) in [5.74, 6) is 0. The van der Waals surface area contributed by atoms with Crippen molar-refractivity contribution in [3.63, 3.8) is 0 Å². The molecule has 0 aliphatic heterocycles. The van der Waals surface area contributed by atoms with Crippen molar-refractivity contribution in [3.05, 3.63) is 58.9 Å². The first kappa shape index (κ1) is 17.7. The number of primary sulfonamides is 1. The van der Waals surface area contributed by atoms with E-state index < -0.39 is 10.0 Å². The van der Waals surface area contributed by atoms with Crippen LogP contribution in [0.4, 0.5) is 0 Å². The Morgan fingerprint density at radius 1 is 1.00 bits per heavy atom. The van der Waals surface area contributed by atoms with Gasteiger partial charge < -0.3 is 0 Å². The fourth-order valence-electron chi connectivity index (χ4n) is 4.51. The molecule has 2 aliphatic carbocycles. The van der Waals surface area contributed by atoms with Gasteiger partial charge >= 0.3 is 0 Å². The summed E-state index contributed by atoms with van der Waals surface area (Å²) in [5.41, 5.74) is 3.99. The number of nitrogens with zero attached hydrogens (tertiary/aromatic N) is 1. The largest absolute Gasteiger partial charge is 0.255 e. The Balaban J connectivity index is 1.90. The highest BCUT2D eigenvalue weighted by atomic mass is 35.5. The third-order valence-corrected chi connectivity index (χ3v) is 6.88. The van der Waals surface area contributed by atoms with Crippen LogP contribution in [0.25, 0.3) is 11.1 Å². The molecule has 4 nitrogen and oxygen atoms in total. The lowest BCUT2D eigenvalue weighted by atomic mass is 9.81. The van der Waals surface area contributed by atoms with Gasteiger partial charge in [-0.05, 0) is 72.1 Å². The molecule has 0 radical (unpaired) electrons. The number of nitrogens with two attached hydrogens (primary N) is 1. The first-order valence-electron chi connectivity index (χ1n) is 8.84. The fourth-order valence-corrected chi connectivity index (χ4v) is 5.34. The van der Waals surface area contributed by atoms with Gasteiger partial charge in [0.05, 0.1) is 5.69 Å². The maximum atomic E-state index is 12.1. The zero-order chi connectivity index (χ0) is 18.4. The van der Waals surface area contributed by atoms with Gasteiger partial charge in [-0.3, -0.25) is 4.98 Å². The molecule has 1 heterocycles. The third-order valence-electron chi connectivity index (χ3n) is 5.69. The molecule has 0 bridgehead atoms. The average Bonchev–Trinajstić information content (AvgIpc) is 3.22. The molecular formula is C20H21ClN2O2S. The van der Waals surface area contributed by atoms with Crippen LogP contribution in [-0.4, -0.2) is 13.4 Å². The van der Waals surface area contributed by atoms with Gasteiger partial charge in [0.2, 0.25) is 10.0 Å². The highest BCUT2D eigenvalue weighted by Crippen LogP contribution is 2.57. The molecule has 2 aromatic rings. The molecule has 1 aromatic heterocycles. The minimum atomic E-state index is -3.84. The summed E-state index contributed by atoms with van der Waals surface area (Å²) in [4.78, 5) is 4.54. The maximum Gasteiger partial charge on any atom is 0.240 e. The Morgan fingerprint density at radius 3 is 2.31 bits per heavy atom. The molecule has 0 unspecified atom stereocenters. The van der Waals surface area contributed by atoms with E-state index in [0.717, 1.165) is 24.0 Å². The molecule has 4 rings (SSSR count). The second kappa shape index (κ2) is 6.48. The molecule has 0 atom stereocenters. The number of hydrogen-bond acceptors (Lipinski definition) is 3. The van der Waals surface area contributed by atoms with Crippen molar-refractivity contribution < 1.29 is 8.42 Å². The minimum absolute atomic E-state index is 0.108. The van der Waals surface area contributed by atoms with Crippen LogP contribution in [0.1, 0.15) is 49.8 Å². The van der Waals surface area contributed by atoms with E-state index in [1.165, 1.54) is 31.3 Å². The van der Waals surface area contributed by atoms with Gasteiger partial charge in [0.25, 0.3) is 0 Å². The number of pyridine rings is 1. The lowest BCUT2D eigenvalue weighted by Gasteiger charge is -2.23. The summed E-state index contributed by atoms with van der Waals surface area (Å²) < 4.78 is 24.2. The quantitative estimate of drug-likeness (QED) is 0.831. The van der Waals surface area contributed by atoms with Crippen LogP contribution in [0.3, 0.4) is 0 Å². The lowest BCUT2D eigenvalue weighted by Crippen LogP contribution is -2.16. The van der Waals surface area contributed by atoms with Crippen LogP contribution in [0.5, 0.6) is 0 Å². The highest BCUT2D eigenvalue weighted by Gasteiger charge is 2.42. The van der Waals surface area contributed by atoms with E-state index in [1.807, 2.05) is 24.3 Å². The first-order chi connectivity index (χ1) is 12.4. The Labute approximate surface area is 159 Å². The van der Waals surface area contributed by atoms with E-state index in [9.17, 15) is 8.42 Å². The van der Waals surface area contributed by atoms with Crippen molar-refractivity contribution in [3.8, 4) is 0 Å². The zero-order valence-electron chi connectivity index (χ0n) is 14.4. The lowest BCUT2D eigenvalue weighted by molar-refractivity contribution is 0.329. The SMILES string of the molecule is NS(=O)(=O)c1cccnc1C1=C(c2ccc(Cl)cc2)CC2(CCCC2)C1. The van der Waals surface area contributed by atoms with Gasteiger partial charge in [0.15, 0.2) is 0 Å². The first-order valence-corrected chi connectivity index (χ1v) is 10.8. The topological polar surface area (TPSA) is 73.1 Å². The van der Waals surface area contributed by atoms with Crippen LogP contribution in [-0.2, 0) is 10.0 Å². The Bertz CT molecular complexity index is 975. The molecule has 2 N–H and O–H groups in total. The molecule has 0 saturated heterocycles. The number of allylic oxidation sites excluding steroid dienone is 2. The molecule has 0 amide bonds. The summed E-state index contributed by atoms with van der Waals surface area (Å²) in [6.45, 7) is 0. The normalized spacial score (nSPS) is 19.5. The van der Waals surface area contributed by atoms with E-state index in [0.29, 0.717) is 10.7 Å². The van der Waals surface area contributed by atoms with Gasteiger partial charge in [-0.1, -0.05) is 36.6 Å². The molecule has 26 heavy (non-hydrogen) atoms. The highest BCUT2D eigenvalue weighted by molar-refractivity contribution is 7.89. The number of sulfonamides is 1. The van der Waals surface area contributed by atoms with Crippen LogP contribution < -0.4 is 5.14 Å². The molecule has 1 aromatic carbocycles. The van der Waals surface area contributed by atoms with E-state index in [-0.39, 0.29) is 10.3 Å². The maximum absolute atomic E-state index is 12.1. The molecule has 6 heteroatoms. The summed E-state index contributed by atoms with van der Waals surface area (Å²) in [7, 11) is -3.84. The molecule has 1 saturated carbocycles. The van der Waals surface area contributed by atoms with E-state index in [1.54, 1.807) is 18.3 Å². The molecular weight excluding hydrogens is 368 g/mol. The molecule has 2 aliphatic rings. The Morgan fingerprint density at radius 2 is 1.65 bits per heavy atom. The van der Waals surface area contributed by atoms with Crippen molar-refractivity contribution >= 4 is 32.8 Å². The molecule has 1 spiro atoms. The van der Waals surface area contributed by atoms with Crippen LogP contribution >= 0.6 is 11.6 Å². The van der Waals surface area contributed by atoms with E-state index >= 15 is 0 Å². The van der Waals surface area contributed by atoms with Crippen molar-refractivity contribution in [2.24, 2.45) is 10.6 Å². The summed E-state index contributed by atoms with van der Waals surface area (Å²) in [5, 5.41) is 6.15. The second-order valence-corrected chi connectivity index (χ2v) is 9.39. The summed E-state index contributed by atoms with van der Waals surface area (Å²) in [6, 6.07) is 10.9. The zero-order valence-corrected chi connectivity index (χ0v) is 16.0. The van der Waals surface area contributed by atoms with Gasteiger partial charge in [0, 0.05) is 11.2 Å². The Hall–Kier alpha value is -1.69. The third kappa shape index (κ3) is 3.20. The number of benzene rings is 1. The van der Waals surface area contributed by atoms with Crippen molar-refractivity contribution in [2.45, 2.75) is 43.4 Å². The smallest absolute Gasteiger partial charge is 0.240 e. The molecule has 136 valence electrons.